The molecule has 0 bridgehead atoms. The van der Waals surface area contributed by atoms with E-state index in [2.05, 4.69) is 5.32 Å². The lowest BCUT2D eigenvalue weighted by molar-refractivity contribution is -0.138. The van der Waals surface area contributed by atoms with Crippen LogP contribution in [0.1, 0.15) is 40.5 Å². The number of likely N-dealkylation sites (N-methyl/N-ethyl adjacent to an activating group) is 1. The highest BCUT2D eigenvalue weighted by Gasteiger charge is 2.21. The molecule has 4 nitrogen and oxygen atoms in total. The largest absolute Gasteiger partial charge is 0.352 e. The molecule has 0 aliphatic heterocycles. The van der Waals surface area contributed by atoms with Crippen molar-refractivity contribution >= 4 is 11.8 Å². The van der Waals surface area contributed by atoms with Crippen molar-refractivity contribution in [1.29, 1.82) is 0 Å². The Labute approximate surface area is 92.0 Å². The summed E-state index contributed by atoms with van der Waals surface area (Å²) in [5, 5.41) is 2.86. The molecule has 88 valence electrons. The van der Waals surface area contributed by atoms with Crippen LogP contribution < -0.4 is 5.32 Å². The van der Waals surface area contributed by atoms with Crippen molar-refractivity contribution in [1.82, 2.24) is 10.2 Å². The van der Waals surface area contributed by atoms with Crippen LogP contribution in [0.3, 0.4) is 0 Å². The lowest BCUT2D eigenvalue weighted by Crippen LogP contribution is -2.47. The number of carbonyl (C=O) groups excluding carboxylic acids is 2. The lowest BCUT2D eigenvalue weighted by atomic mass is 10.2. The number of hydrogen-bond acceptors (Lipinski definition) is 2. The van der Waals surface area contributed by atoms with E-state index in [0.717, 1.165) is 6.42 Å². The minimum atomic E-state index is -0.397. The molecular formula is C11H22N2O2. The fourth-order valence-electron chi connectivity index (χ4n) is 1.11. The fraction of sp³-hybridized carbons (Fsp3) is 0.818. The standard InChI is InChI=1S/C11H22N2O2/c1-6-8(3)12-11(15)9(4)13(5)10(14)7-2/h8-9H,6-7H2,1-5H3,(H,12,15). The molecule has 0 aromatic heterocycles. The number of nitrogens with one attached hydrogen (secondary N) is 1. The molecule has 2 unspecified atom stereocenters. The Hall–Kier alpha value is -1.06. The smallest absolute Gasteiger partial charge is 0.242 e. The maximum atomic E-state index is 11.7. The summed E-state index contributed by atoms with van der Waals surface area (Å²) >= 11 is 0. The summed E-state index contributed by atoms with van der Waals surface area (Å²) in [5.41, 5.74) is 0. The monoisotopic (exact) mass is 214 g/mol. The minimum Gasteiger partial charge on any atom is -0.352 e. The normalized spacial score (nSPS) is 14.2. The number of nitrogens with zero attached hydrogens (tertiary/aromatic N) is 1. The van der Waals surface area contributed by atoms with E-state index < -0.39 is 6.04 Å². The molecule has 1 N–H and O–H groups in total. The van der Waals surface area contributed by atoms with Crippen LogP contribution in [-0.2, 0) is 9.59 Å². The molecule has 0 radical (unpaired) electrons. The predicted octanol–water partition coefficient (Wildman–Crippen LogP) is 1.16. The van der Waals surface area contributed by atoms with Gasteiger partial charge < -0.3 is 10.2 Å². The molecule has 0 fully saturated rings. The van der Waals surface area contributed by atoms with Crippen LogP contribution in [0, 0.1) is 0 Å². The van der Waals surface area contributed by atoms with Gasteiger partial charge in [0.05, 0.1) is 0 Å². The zero-order chi connectivity index (χ0) is 12.0. The molecule has 0 heterocycles. The van der Waals surface area contributed by atoms with Crippen LogP contribution in [0.4, 0.5) is 0 Å². The van der Waals surface area contributed by atoms with Gasteiger partial charge in [0.25, 0.3) is 0 Å². The first-order valence-electron chi connectivity index (χ1n) is 5.50. The number of rotatable bonds is 5. The van der Waals surface area contributed by atoms with Gasteiger partial charge in [-0.05, 0) is 20.3 Å². The Morgan fingerprint density at radius 1 is 1.27 bits per heavy atom. The maximum Gasteiger partial charge on any atom is 0.242 e. The van der Waals surface area contributed by atoms with E-state index in [1.54, 1.807) is 20.9 Å². The fourth-order valence-corrected chi connectivity index (χ4v) is 1.11. The first-order valence-corrected chi connectivity index (χ1v) is 5.50. The van der Waals surface area contributed by atoms with Crippen molar-refractivity contribution in [3.63, 3.8) is 0 Å². The molecule has 0 spiro atoms. The summed E-state index contributed by atoms with van der Waals surface area (Å²) in [4.78, 5) is 24.5. The molecule has 0 aliphatic rings. The molecule has 0 aliphatic carbocycles. The summed E-state index contributed by atoms with van der Waals surface area (Å²) < 4.78 is 0. The highest BCUT2D eigenvalue weighted by atomic mass is 16.2. The minimum absolute atomic E-state index is 0.0122. The van der Waals surface area contributed by atoms with Crippen molar-refractivity contribution < 1.29 is 9.59 Å². The molecule has 2 atom stereocenters. The van der Waals surface area contributed by atoms with Gasteiger partial charge in [-0.15, -0.1) is 0 Å². The lowest BCUT2D eigenvalue weighted by Gasteiger charge is -2.25. The zero-order valence-corrected chi connectivity index (χ0v) is 10.3. The van der Waals surface area contributed by atoms with E-state index in [4.69, 9.17) is 0 Å². The second-order valence-corrected chi connectivity index (χ2v) is 3.85. The van der Waals surface area contributed by atoms with Crippen LogP contribution in [0.25, 0.3) is 0 Å². The molecule has 0 rings (SSSR count). The Morgan fingerprint density at radius 2 is 1.80 bits per heavy atom. The van der Waals surface area contributed by atoms with Gasteiger partial charge in [-0.25, -0.2) is 0 Å². The maximum absolute atomic E-state index is 11.7. The summed E-state index contributed by atoms with van der Waals surface area (Å²) in [6, 6.07) is -0.239. The van der Waals surface area contributed by atoms with E-state index in [0.29, 0.717) is 6.42 Å². The van der Waals surface area contributed by atoms with Gasteiger partial charge in [0, 0.05) is 19.5 Å². The summed E-state index contributed by atoms with van der Waals surface area (Å²) in [5.74, 6) is -0.101. The second kappa shape index (κ2) is 6.43. The van der Waals surface area contributed by atoms with Crippen LogP contribution >= 0.6 is 0 Å². The van der Waals surface area contributed by atoms with Crippen molar-refractivity contribution in [3.8, 4) is 0 Å². The number of carbonyl (C=O) groups is 2. The predicted molar refractivity (Wildman–Crippen MR) is 60.4 cm³/mol. The van der Waals surface area contributed by atoms with Gasteiger partial charge in [0.1, 0.15) is 6.04 Å². The van der Waals surface area contributed by atoms with Crippen molar-refractivity contribution in [2.24, 2.45) is 0 Å². The quantitative estimate of drug-likeness (QED) is 0.746. The van der Waals surface area contributed by atoms with Crippen molar-refractivity contribution in [2.45, 2.75) is 52.6 Å². The Morgan fingerprint density at radius 3 is 2.20 bits per heavy atom. The van der Waals surface area contributed by atoms with Crippen molar-refractivity contribution in [2.75, 3.05) is 7.05 Å². The van der Waals surface area contributed by atoms with Crippen LogP contribution in [0.2, 0.25) is 0 Å². The molecular weight excluding hydrogens is 192 g/mol. The van der Waals surface area contributed by atoms with Crippen molar-refractivity contribution in [3.05, 3.63) is 0 Å². The number of hydrogen-bond donors (Lipinski definition) is 1. The third-order valence-corrected chi connectivity index (χ3v) is 2.66. The highest BCUT2D eigenvalue weighted by molar-refractivity contribution is 5.87. The molecule has 2 amide bonds. The van der Waals surface area contributed by atoms with E-state index in [9.17, 15) is 9.59 Å². The average molecular weight is 214 g/mol. The van der Waals surface area contributed by atoms with Gasteiger partial charge >= 0.3 is 0 Å². The molecule has 0 aromatic rings. The van der Waals surface area contributed by atoms with E-state index in [1.165, 1.54) is 4.90 Å². The SMILES string of the molecule is CCC(=O)N(C)C(C)C(=O)NC(C)CC. The molecule has 0 aromatic carbocycles. The Bertz CT molecular complexity index is 229. The summed E-state index contributed by atoms with van der Waals surface area (Å²) in [6.45, 7) is 7.49. The van der Waals surface area contributed by atoms with Gasteiger partial charge in [-0.3, -0.25) is 9.59 Å². The van der Waals surface area contributed by atoms with E-state index in [-0.39, 0.29) is 17.9 Å². The summed E-state index contributed by atoms with van der Waals surface area (Å²) in [6.07, 6.45) is 1.32. The Balaban J connectivity index is 4.25. The molecule has 15 heavy (non-hydrogen) atoms. The highest BCUT2D eigenvalue weighted by Crippen LogP contribution is 2.00. The van der Waals surface area contributed by atoms with Gasteiger partial charge in [0.2, 0.25) is 11.8 Å². The zero-order valence-electron chi connectivity index (χ0n) is 10.3. The van der Waals surface area contributed by atoms with Gasteiger partial charge in [-0.1, -0.05) is 13.8 Å². The molecule has 4 heteroatoms. The number of amides is 2. The van der Waals surface area contributed by atoms with Gasteiger partial charge in [0.15, 0.2) is 0 Å². The third kappa shape index (κ3) is 4.32. The first-order chi connectivity index (χ1) is 6.93. The Kier molecular flexibility index (Phi) is 5.97. The molecule has 0 saturated heterocycles. The van der Waals surface area contributed by atoms with Gasteiger partial charge in [-0.2, -0.15) is 0 Å². The van der Waals surface area contributed by atoms with E-state index in [1.807, 2.05) is 13.8 Å². The summed E-state index contributed by atoms with van der Waals surface area (Å²) in [7, 11) is 1.66. The second-order valence-electron chi connectivity index (χ2n) is 3.85. The van der Waals surface area contributed by atoms with E-state index >= 15 is 0 Å². The van der Waals surface area contributed by atoms with Crippen LogP contribution in [-0.4, -0.2) is 35.8 Å². The average Bonchev–Trinajstić information content (AvgIpc) is 2.25. The van der Waals surface area contributed by atoms with Crippen LogP contribution in [0.5, 0.6) is 0 Å². The first kappa shape index (κ1) is 13.9. The van der Waals surface area contributed by atoms with Crippen LogP contribution in [0.15, 0.2) is 0 Å². The topological polar surface area (TPSA) is 49.4 Å². The molecule has 0 saturated carbocycles. The third-order valence-electron chi connectivity index (χ3n) is 2.66.